The predicted molar refractivity (Wildman–Crippen MR) is 111 cm³/mol. The van der Waals surface area contributed by atoms with Crippen molar-refractivity contribution in [2.24, 2.45) is 0 Å². The molecule has 0 bridgehead atoms. The van der Waals surface area contributed by atoms with Crippen LogP contribution < -0.4 is 10.5 Å². The van der Waals surface area contributed by atoms with Crippen molar-refractivity contribution in [1.29, 1.82) is 5.26 Å². The number of nitriles is 1. The number of pyridine rings is 1. The molecule has 5 heteroatoms. The zero-order valence-corrected chi connectivity index (χ0v) is 15.3. The van der Waals surface area contributed by atoms with Crippen LogP contribution in [0.3, 0.4) is 0 Å². The number of benzene rings is 3. The van der Waals surface area contributed by atoms with Gasteiger partial charge >= 0.3 is 0 Å². The molecule has 0 unspecified atom stereocenters. The van der Waals surface area contributed by atoms with Crippen LogP contribution in [0.15, 0.2) is 84.9 Å². The van der Waals surface area contributed by atoms with Gasteiger partial charge in [-0.2, -0.15) is 5.26 Å². The lowest BCUT2D eigenvalue weighted by molar-refractivity contribution is 0.483. The normalized spacial score (nSPS) is 10.3. The van der Waals surface area contributed by atoms with Crippen LogP contribution in [0.1, 0.15) is 5.56 Å². The van der Waals surface area contributed by atoms with Gasteiger partial charge in [0.25, 0.3) is 0 Å². The summed E-state index contributed by atoms with van der Waals surface area (Å²) in [6.07, 6.45) is 0. The van der Waals surface area contributed by atoms with Crippen molar-refractivity contribution < 1.29 is 9.13 Å². The van der Waals surface area contributed by atoms with E-state index in [1.54, 1.807) is 24.3 Å². The molecule has 0 fully saturated rings. The van der Waals surface area contributed by atoms with E-state index in [9.17, 15) is 9.65 Å². The van der Waals surface area contributed by atoms with E-state index in [2.05, 4.69) is 4.98 Å². The molecule has 140 valence electrons. The lowest BCUT2D eigenvalue weighted by Crippen LogP contribution is -2.00. The molecule has 2 N–H and O–H groups in total. The van der Waals surface area contributed by atoms with Crippen molar-refractivity contribution in [2.75, 3.05) is 5.73 Å². The molecule has 4 aromatic rings. The third kappa shape index (κ3) is 3.78. The highest BCUT2D eigenvalue weighted by molar-refractivity contribution is 5.80. The minimum absolute atomic E-state index is 0.0628. The topological polar surface area (TPSA) is 71.9 Å². The molecular weight excluding hydrogens is 365 g/mol. The number of rotatable bonds is 4. The molecule has 0 saturated heterocycles. The SMILES string of the molecule is N#Cc1c(-c2ccccc2F)cc(-c2ccc(Oc3ccccc3)cc2)nc1N. The average Bonchev–Trinajstić information content (AvgIpc) is 2.75. The number of hydrogen-bond acceptors (Lipinski definition) is 4. The van der Waals surface area contributed by atoms with Crippen LogP contribution in [0.25, 0.3) is 22.4 Å². The van der Waals surface area contributed by atoms with Crippen molar-refractivity contribution in [2.45, 2.75) is 0 Å². The highest BCUT2D eigenvalue weighted by atomic mass is 19.1. The van der Waals surface area contributed by atoms with Crippen LogP contribution in [-0.4, -0.2) is 4.98 Å². The van der Waals surface area contributed by atoms with Gasteiger partial charge < -0.3 is 10.5 Å². The molecule has 0 aliphatic heterocycles. The van der Waals surface area contributed by atoms with Gasteiger partial charge in [0.15, 0.2) is 0 Å². The molecule has 4 rings (SSSR count). The minimum Gasteiger partial charge on any atom is -0.457 e. The van der Waals surface area contributed by atoms with Crippen LogP contribution in [0.2, 0.25) is 0 Å². The molecule has 29 heavy (non-hydrogen) atoms. The Morgan fingerprint density at radius 1 is 0.828 bits per heavy atom. The molecular formula is C24H16FN3O. The Hall–Kier alpha value is -4.17. The Labute approximate surface area is 167 Å². The van der Waals surface area contributed by atoms with Crippen molar-refractivity contribution in [3.05, 3.63) is 96.3 Å². The Morgan fingerprint density at radius 3 is 2.17 bits per heavy atom. The fourth-order valence-electron chi connectivity index (χ4n) is 3.04. The quantitative estimate of drug-likeness (QED) is 0.485. The van der Waals surface area contributed by atoms with E-state index in [4.69, 9.17) is 10.5 Å². The number of nitrogens with two attached hydrogens (primary N) is 1. The molecule has 0 radical (unpaired) electrons. The monoisotopic (exact) mass is 381 g/mol. The summed E-state index contributed by atoms with van der Waals surface area (Å²) in [6.45, 7) is 0. The van der Waals surface area contributed by atoms with E-state index in [-0.39, 0.29) is 11.4 Å². The van der Waals surface area contributed by atoms with Crippen LogP contribution in [-0.2, 0) is 0 Å². The van der Waals surface area contributed by atoms with Crippen molar-refractivity contribution >= 4 is 5.82 Å². The maximum atomic E-state index is 14.3. The van der Waals surface area contributed by atoms with Gasteiger partial charge in [0.1, 0.15) is 34.8 Å². The first kappa shape index (κ1) is 18.2. The van der Waals surface area contributed by atoms with E-state index in [0.29, 0.717) is 22.6 Å². The summed E-state index contributed by atoms with van der Waals surface area (Å²) in [5.41, 5.74) is 8.21. The summed E-state index contributed by atoms with van der Waals surface area (Å²) in [7, 11) is 0. The number of hydrogen-bond donors (Lipinski definition) is 1. The smallest absolute Gasteiger partial charge is 0.142 e. The second-order valence-corrected chi connectivity index (χ2v) is 6.35. The molecule has 0 atom stereocenters. The second kappa shape index (κ2) is 7.83. The Bertz CT molecular complexity index is 1200. The van der Waals surface area contributed by atoms with Crippen molar-refractivity contribution in [3.63, 3.8) is 0 Å². The lowest BCUT2D eigenvalue weighted by atomic mass is 9.98. The predicted octanol–water partition coefficient (Wildman–Crippen LogP) is 5.80. The summed E-state index contributed by atoms with van der Waals surface area (Å²) >= 11 is 0. The molecule has 1 heterocycles. The molecule has 0 saturated carbocycles. The summed E-state index contributed by atoms with van der Waals surface area (Å²) < 4.78 is 20.1. The second-order valence-electron chi connectivity index (χ2n) is 6.35. The van der Waals surface area contributed by atoms with E-state index < -0.39 is 5.82 Å². The van der Waals surface area contributed by atoms with Gasteiger partial charge in [-0.1, -0.05) is 36.4 Å². The number of nitrogens with zero attached hydrogens (tertiary/aromatic N) is 2. The molecule has 0 aliphatic carbocycles. The fourth-order valence-corrected chi connectivity index (χ4v) is 3.04. The molecule has 4 nitrogen and oxygen atoms in total. The average molecular weight is 381 g/mol. The zero-order valence-electron chi connectivity index (χ0n) is 15.3. The molecule has 0 aliphatic rings. The maximum absolute atomic E-state index is 14.3. The third-order valence-corrected chi connectivity index (χ3v) is 4.45. The number of ether oxygens (including phenoxy) is 1. The van der Waals surface area contributed by atoms with Crippen LogP contribution >= 0.6 is 0 Å². The molecule has 1 aromatic heterocycles. The standard InChI is InChI=1S/C24H16FN3O/c25-22-9-5-4-8-19(22)20-14-23(28-24(27)21(20)15-26)16-10-12-18(13-11-16)29-17-6-2-1-3-7-17/h1-14H,(H2,27,28). The fraction of sp³-hybridized carbons (Fsp3) is 0. The molecule has 3 aromatic carbocycles. The van der Waals surface area contributed by atoms with Gasteiger partial charge in [0.2, 0.25) is 0 Å². The van der Waals surface area contributed by atoms with E-state index in [1.165, 1.54) is 6.07 Å². The van der Waals surface area contributed by atoms with Gasteiger partial charge in [-0.25, -0.2) is 9.37 Å². The highest BCUT2D eigenvalue weighted by Gasteiger charge is 2.16. The Kier molecular flexibility index (Phi) is 4.91. The highest BCUT2D eigenvalue weighted by Crippen LogP contribution is 2.33. The number of anilines is 1. The summed E-state index contributed by atoms with van der Waals surface area (Å²) in [6, 6.07) is 26.8. The van der Waals surface area contributed by atoms with E-state index in [1.807, 2.05) is 60.7 Å². The number of halogens is 1. The Balaban J connectivity index is 1.72. The van der Waals surface area contributed by atoms with Gasteiger partial charge in [-0.3, -0.25) is 0 Å². The largest absolute Gasteiger partial charge is 0.457 e. The third-order valence-electron chi connectivity index (χ3n) is 4.45. The summed E-state index contributed by atoms with van der Waals surface area (Å²) in [5, 5.41) is 9.48. The first-order valence-corrected chi connectivity index (χ1v) is 8.94. The van der Waals surface area contributed by atoms with Crippen molar-refractivity contribution in [3.8, 4) is 40.0 Å². The number of nitrogen functional groups attached to an aromatic ring is 1. The summed E-state index contributed by atoms with van der Waals surface area (Å²) in [5.74, 6) is 1.05. The zero-order chi connectivity index (χ0) is 20.2. The van der Waals surface area contributed by atoms with E-state index >= 15 is 0 Å². The van der Waals surface area contributed by atoms with Crippen molar-refractivity contribution in [1.82, 2.24) is 4.98 Å². The number of aromatic nitrogens is 1. The minimum atomic E-state index is -0.424. The first-order chi connectivity index (χ1) is 14.2. The van der Waals surface area contributed by atoms with Crippen LogP contribution in [0, 0.1) is 17.1 Å². The Morgan fingerprint density at radius 2 is 1.48 bits per heavy atom. The lowest BCUT2D eigenvalue weighted by Gasteiger charge is -2.11. The van der Waals surface area contributed by atoms with Gasteiger partial charge in [0, 0.05) is 16.7 Å². The first-order valence-electron chi connectivity index (χ1n) is 8.94. The molecule has 0 amide bonds. The molecule has 0 spiro atoms. The van der Waals surface area contributed by atoms with Gasteiger partial charge in [-0.15, -0.1) is 0 Å². The van der Waals surface area contributed by atoms with Gasteiger partial charge in [0.05, 0.1) is 5.69 Å². The maximum Gasteiger partial charge on any atom is 0.142 e. The van der Waals surface area contributed by atoms with E-state index in [0.717, 1.165) is 11.3 Å². The van der Waals surface area contributed by atoms with Gasteiger partial charge in [-0.05, 0) is 48.5 Å². The summed E-state index contributed by atoms with van der Waals surface area (Å²) in [4.78, 5) is 4.34. The number of para-hydroxylation sites is 1. The van der Waals surface area contributed by atoms with Crippen LogP contribution in [0.4, 0.5) is 10.2 Å². The van der Waals surface area contributed by atoms with Crippen LogP contribution in [0.5, 0.6) is 11.5 Å².